The van der Waals surface area contributed by atoms with Crippen LogP contribution in [0.2, 0.25) is 0 Å². The zero-order valence-corrected chi connectivity index (χ0v) is 13.3. The van der Waals surface area contributed by atoms with Gasteiger partial charge in [0.1, 0.15) is 23.2 Å². The van der Waals surface area contributed by atoms with Crippen LogP contribution in [-0.4, -0.2) is 30.6 Å². The lowest BCUT2D eigenvalue weighted by Gasteiger charge is -2.35. The Kier molecular flexibility index (Phi) is 3.88. The van der Waals surface area contributed by atoms with Crippen molar-refractivity contribution >= 4 is 11.6 Å². The molecule has 0 aromatic heterocycles. The number of nitrogens with one attached hydrogen (secondary N) is 1. The molecule has 0 radical (unpaired) electrons. The second-order valence-electron chi connectivity index (χ2n) is 6.56. The Bertz CT molecular complexity index is 668. The number of nitrogens with zero attached hydrogens (tertiary/aromatic N) is 2. The van der Waals surface area contributed by atoms with E-state index >= 15 is 0 Å². The average molecular weight is 317 g/mol. The number of rotatable bonds is 4. The van der Waals surface area contributed by atoms with Crippen molar-refractivity contribution < 1.29 is 13.9 Å². The third-order valence-electron chi connectivity index (χ3n) is 4.43. The van der Waals surface area contributed by atoms with Crippen molar-refractivity contribution in [1.29, 1.82) is 5.26 Å². The number of ether oxygens (including phenoxy) is 1. The molecule has 2 atom stereocenters. The molecular weight excluding hydrogens is 297 g/mol. The van der Waals surface area contributed by atoms with Crippen molar-refractivity contribution in [2.45, 2.75) is 38.3 Å². The van der Waals surface area contributed by atoms with Gasteiger partial charge < -0.3 is 15.0 Å². The molecule has 1 fully saturated rings. The number of carbonyl (C=O) groups excluding carboxylic acids is 1. The molecule has 5 nitrogen and oxygen atoms in total. The highest BCUT2D eigenvalue weighted by molar-refractivity contribution is 5.83. The lowest BCUT2D eigenvalue weighted by atomic mass is 9.98. The van der Waals surface area contributed by atoms with Gasteiger partial charge >= 0.3 is 0 Å². The van der Waals surface area contributed by atoms with E-state index in [2.05, 4.69) is 11.4 Å². The smallest absolute Gasteiger partial charge is 0.240 e. The van der Waals surface area contributed by atoms with Crippen molar-refractivity contribution in [3.63, 3.8) is 0 Å². The molecule has 122 valence electrons. The van der Waals surface area contributed by atoms with Gasteiger partial charge in [0.15, 0.2) is 0 Å². The van der Waals surface area contributed by atoms with Crippen molar-refractivity contribution in [1.82, 2.24) is 5.32 Å². The normalized spacial score (nSPS) is 22.3. The van der Waals surface area contributed by atoms with Gasteiger partial charge in [-0.15, -0.1) is 0 Å². The number of nitriles is 1. The summed E-state index contributed by atoms with van der Waals surface area (Å²) in [5, 5.41) is 12.2. The summed E-state index contributed by atoms with van der Waals surface area (Å²) in [5.74, 6) is 0.113. The van der Waals surface area contributed by atoms with E-state index in [-0.39, 0.29) is 30.3 Å². The maximum Gasteiger partial charge on any atom is 0.240 e. The molecule has 0 spiro atoms. The molecule has 1 amide bonds. The van der Waals surface area contributed by atoms with E-state index in [9.17, 15) is 14.4 Å². The molecule has 0 saturated heterocycles. The Morgan fingerprint density at radius 3 is 2.96 bits per heavy atom. The number of anilines is 1. The number of hydrogen-bond acceptors (Lipinski definition) is 4. The maximum atomic E-state index is 13.4. The molecule has 0 bridgehead atoms. The average Bonchev–Trinajstić information content (AvgIpc) is 3.31. The van der Waals surface area contributed by atoms with Crippen LogP contribution in [0.3, 0.4) is 0 Å². The zero-order valence-electron chi connectivity index (χ0n) is 13.3. The van der Waals surface area contributed by atoms with E-state index in [1.165, 1.54) is 12.1 Å². The predicted molar refractivity (Wildman–Crippen MR) is 83.6 cm³/mol. The molecule has 3 rings (SSSR count). The summed E-state index contributed by atoms with van der Waals surface area (Å²) in [6, 6.07) is 6.53. The van der Waals surface area contributed by atoms with Crippen LogP contribution in [0.15, 0.2) is 18.2 Å². The molecule has 2 unspecified atom stereocenters. The van der Waals surface area contributed by atoms with Gasteiger partial charge in [-0.3, -0.25) is 4.79 Å². The minimum atomic E-state index is -0.805. The van der Waals surface area contributed by atoms with Gasteiger partial charge in [0, 0.05) is 6.07 Å². The first kappa shape index (κ1) is 15.6. The van der Waals surface area contributed by atoms with E-state index in [1.807, 2.05) is 11.8 Å². The summed E-state index contributed by atoms with van der Waals surface area (Å²) in [6.07, 6.45) is 1.81. The summed E-state index contributed by atoms with van der Waals surface area (Å²) < 4.78 is 19.0. The van der Waals surface area contributed by atoms with Crippen molar-refractivity contribution in [3.05, 3.63) is 24.0 Å². The van der Waals surface area contributed by atoms with Crippen LogP contribution >= 0.6 is 0 Å². The Hall–Kier alpha value is -2.29. The van der Waals surface area contributed by atoms with Crippen LogP contribution in [0.25, 0.3) is 0 Å². The zero-order chi connectivity index (χ0) is 16.6. The highest BCUT2D eigenvalue weighted by Crippen LogP contribution is 2.39. The summed E-state index contributed by atoms with van der Waals surface area (Å²) in [4.78, 5) is 14.2. The number of fused-ring (bicyclic) bond motifs is 1. The molecule has 1 aromatic rings. The largest absolute Gasteiger partial charge is 0.487 e. The lowest BCUT2D eigenvalue weighted by molar-refractivity contribution is -0.121. The van der Waals surface area contributed by atoms with Crippen LogP contribution in [0.1, 0.15) is 26.7 Å². The molecule has 1 aromatic carbocycles. The van der Waals surface area contributed by atoms with Crippen molar-refractivity contribution in [3.8, 4) is 11.8 Å². The number of halogens is 1. The molecule has 1 aliphatic carbocycles. The maximum absolute atomic E-state index is 13.4. The van der Waals surface area contributed by atoms with Gasteiger partial charge in [0.2, 0.25) is 5.91 Å². The van der Waals surface area contributed by atoms with E-state index in [0.717, 1.165) is 12.8 Å². The van der Waals surface area contributed by atoms with E-state index in [1.54, 1.807) is 13.0 Å². The second kappa shape index (κ2) is 5.73. The second-order valence-corrected chi connectivity index (χ2v) is 6.56. The number of benzene rings is 1. The Morgan fingerprint density at radius 1 is 1.57 bits per heavy atom. The van der Waals surface area contributed by atoms with Gasteiger partial charge in [0.25, 0.3) is 0 Å². The molecule has 23 heavy (non-hydrogen) atoms. The fourth-order valence-corrected chi connectivity index (χ4v) is 3.04. The predicted octanol–water partition coefficient (Wildman–Crippen LogP) is 2.22. The summed E-state index contributed by atoms with van der Waals surface area (Å²) in [6.45, 7) is 4.31. The number of hydrogen-bond donors (Lipinski definition) is 1. The van der Waals surface area contributed by atoms with Crippen molar-refractivity contribution in [2.75, 3.05) is 18.0 Å². The summed E-state index contributed by atoms with van der Waals surface area (Å²) in [7, 11) is 0. The third-order valence-corrected chi connectivity index (χ3v) is 4.43. The van der Waals surface area contributed by atoms with E-state index in [4.69, 9.17) is 4.74 Å². The fraction of sp³-hybridized carbons (Fsp3) is 0.529. The van der Waals surface area contributed by atoms with Crippen LogP contribution in [0.4, 0.5) is 10.1 Å². The molecule has 1 heterocycles. The molecular formula is C17H20FN3O2. The Balaban J connectivity index is 1.73. The quantitative estimate of drug-likeness (QED) is 0.925. The van der Waals surface area contributed by atoms with Gasteiger partial charge in [-0.1, -0.05) is 0 Å². The first-order valence-electron chi connectivity index (χ1n) is 7.84. The lowest BCUT2D eigenvalue weighted by Crippen LogP contribution is -2.51. The molecule has 1 aliphatic heterocycles. The molecule has 1 N–H and O–H groups in total. The standard InChI is InChI=1S/C17H20FN3O2/c1-11-8-21(14-6-5-13(18)7-15(14)23-11)9-16(22)20-17(2,10-19)12-3-4-12/h5-7,11-12H,3-4,8-9H2,1-2H3,(H,20,22). The van der Waals surface area contributed by atoms with E-state index < -0.39 is 5.54 Å². The molecule has 6 heteroatoms. The molecule has 1 saturated carbocycles. The minimum absolute atomic E-state index is 0.121. The van der Waals surface area contributed by atoms with Gasteiger partial charge in [-0.05, 0) is 44.7 Å². The topological polar surface area (TPSA) is 65.4 Å². The van der Waals surface area contributed by atoms with Gasteiger partial charge in [-0.2, -0.15) is 5.26 Å². The van der Waals surface area contributed by atoms with Crippen LogP contribution < -0.4 is 15.0 Å². The molecule has 2 aliphatic rings. The Morgan fingerprint density at radius 2 is 2.30 bits per heavy atom. The SMILES string of the molecule is CC1CN(CC(=O)NC(C)(C#N)C2CC2)c2ccc(F)cc2O1. The highest BCUT2D eigenvalue weighted by Gasteiger charge is 2.43. The number of carbonyl (C=O) groups is 1. The first-order chi connectivity index (χ1) is 10.9. The Labute approximate surface area is 135 Å². The minimum Gasteiger partial charge on any atom is -0.487 e. The van der Waals surface area contributed by atoms with E-state index in [0.29, 0.717) is 18.0 Å². The van der Waals surface area contributed by atoms with Crippen LogP contribution in [0.5, 0.6) is 5.75 Å². The number of amides is 1. The van der Waals surface area contributed by atoms with Crippen LogP contribution in [-0.2, 0) is 4.79 Å². The van der Waals surface area contributed by atoms with Gasteiger partial charge in [0.05, 0.1) is 24.8 Å². The third kappa shape index (κ3) is 3.24. The highest BCUT2D eigenvalue weighted by atomic mass is 19.1. The fourth-order valence-electron chi connectivity index (χ4n) is 3.04. The van der Waals surface area contributed by atoms with Crippen LogP contribution in [0, 0.1) is 23.1 Å². The summed E-state index contributed by atoms with van der Waals surface area (Å²) in [5.41, 5.74) is -0.106. The summed E-state index contributed by atoms with van der Waals surface area (Å²) >= 11 is 0. The van der Waals surface area contributed by atoms with Crippen molar-refractivity contribution in [2.24, 2.45) is 5.92 Å². The first-order valence-corrected chi connectivity index (χ1v) is 7.84. The monoisotopic (exact) mass is 317 g/mol. The van der Waals surface area contributed by atoms with Gasteiger partial charge in [-0.25, -0.2) is 4.39 Å².